The number of nitrogens with zero attached hydrogens (tertiary/aromatic N) is 2. The zero-order valence-corrected chi connectivity index (χ0v) is 16.5. The van der Waals surface area contributed by atoms with Crippen molar-refractivity contribution in [3.05, 3.63) is 23.5 Å². The lowest BCUT2D eigenvalue weighted by Crippen LogP contribution is -2.18. The van der Waals surface area contributed by atoms with Crippen molar-refractivity contribution in [1.29, 1.82) is 0 Å². The van der Waals surface area contributed by atoms with Gasteiger partial charge in [0.15, 0.2) is 5.78 Å². The third-order valence-corrected chi connectivity index (χ3v) is 7.15. The fourth-order valence-electron chi connectivity index (χ4n) is 2.19. The van der Waals surface area contributed by atoms with Crippen LogP contribution in [0.1, 0.15) is 29.5 Å². The molecule has 1 aliphatic rings. The quantitative estimate of drug-likeness (QED) is 0.398. The highest BCUT2D eigenvalue weighted by atomic mass is 31.3. The van der Waals surface area contributed by atoms with E-state index in [1.807, 2.05) is 0 Å². The Bertz CT molecular complexity index is 888. The van der Waals surface area contributed by atoms with Gasteiger partial charge in [-0.1, -0.05) is 0 Å². The third-order valence-electron chi connectivity index (χ3n) is 3.15. The second-order valence-electron chi connectivity index (χ2n) is 5.52. The number of Topliss-reactive ketones (excluding diaryl/α,β-unsaturated/α-hetero) is 1. The summed E-state index contributed by atoms with van der Waals surface area (Å²) < 4.78 is 47.5. The van der Waals surface area contributed by atoms with Gasteiger partial charge in [0.25, 0.3) is 0 Å². The van der Waals surface area contributed by atoms with Gasteiger partial charge in [-0.15, -0.1) is 0 Å². The van der Waals surface area contributed by atoms with Crippen molar-refractivity contribution in [1.82, 2.24) is 4.68 Å². The van der Waals surface area contributed by atoms with Crippen LogP contribution in [0.15, 0.2) is 17.2 Å². The molecule has 3 atom stereocenters. The molecule has 1 aromatic rings. The normalized spacial score (nSPS) is 20.0. The lowest BCUT2D eigenvalue weighted by molar-refractivity contribution is 0.0863. The van der Waals surface area contributed by atoms with Gasteiger partial charge in [0.05, 0.1) is 6.10 Å². The van der Waals surface area contributed by atoms with E-state index in [0.29, 0.717) is 11.4 Å². The zero-order valence-electron chi connectivity index (χ0n) is 13.8. The first-order valence-corrected chi connectivity index (χ1v) is 12.1. The van der Waals surface area contributed by atoms with Crippen LogP contribution in [0.5, 0.6) is 0 Å². The molecule has 0 aromatic carbocycles. The molecule has 13 nitrogen and oxygen atoms in total. The topological polar surface area (TPSA) is 194 Å². The lowest BCUT2D eigenvalue weighted by atomic mass is 10.2. The lowest BCUT2D eigenvalue weighted by Gasteiger charge is -2.19. The first kappa shape index (κ1) is 22.3. The molecule has 1 aliphatic heterocycles. The number of rotatable bonds is 9. The number of hydrogen-bond donors (Lipinski definition) is 4. The van der Waals surface area contributed by atoms with Crippen molar-refractivity contribution in [3.63, 3.8) is 0 Å². The van der Waals surface area contributed by atoms with Crippen LogP contribution >= 0.6 is 23.2 Å². The highest BCUT2D eigenvalue weighted by molar-refractivity contribution is 7.68. The summed E-state index contributed by atoms with van der Waals surface area (Å²) in [4.78, 5) is 47.3. The number of hydrogen-bond acceptors (Lipinski definition) is 8. The Kier molecular flexibility index (Phi) is 6.76. The molecule has 2 heterocycles. The molecule has 4 N–H and O–H groups in total. The monoisotopic (exact) mass is 446 g/mol. The number of carbonyl (C=O) groups is 1. The number of ketones is 1. The number of ether oxygens (including phenoxy) is 1. The number of fused-ring (bicyclic) bond motifs is 1. The molecule has 2 rings (SSSR count). The van der Waals surface area contributed by atoms with E-state index in [1.54, 1.807) is 12.1 Å². The molecule has 16 heteroatoms. The summed E-state index contributed by atoms with van der Waals surface area (Å²) in [5.74, 6) is -0.109. The molecule has 152 valence electrons. The Morgan fingerprint density at radius 3 is 2.48 bits per heavy atom. The van der Waals surface area contributed by atoms with Gasteiger partial charge in [0.2, 0.25) is 0 Å². The van der Waals surface area contributed by atoms with Crippen molar-refractivity contribution >= 4 is 35.2 Å². The van der Waals surface area contributed by atoms with Crippen LogP contribution in [0.3, 0.4) is 0 Å². The molecule has 27 heavy (non-hydrogen) atoms. The zero-order chi connectivity index (χ0) is 20.5. The molecule has 1 aromatic heterocycles. The van der Waals surface area contributed by atoms with E-state index in [2.05, 4.69) is 13.7 Å². The number of carbonyl (C=O) groups excluding carboxylic acids is 1. The molecule has 0 radical (unpaired) electrons. The second kappa shape index (κ2) is 8.18. The molecular weight excluding hydrogens is 429 g/mol. The maximum absolute atomic E-state index is 11.8. The van der Waals surface area contributed by atoms with E-state index < -0.39 is 35.7 Å². The van der Waals surface area contributed by atoms with Gasteiger partial charge in [-0.2, -0.15) is 9.41 Å². The standard InChI is InChI=1S/C11H17N2O11P3/c1-8(6-9-2-3-10-11(14)4-5-12-13(9)10)22-7-25(15,16)23-27(20,21)24-26(17,18)19/h2-3,5,8H,4,6-7H2,1H3,(H,15,16)(H,20,21)(H2,17,18,19). The fraction of sp³-hybridized carbons (Fsp3) is 0.455. The summed E-state index contributed by atoms with van der Waals surface area (Å²) in [7, 11) is -15.8. The summed E-state index contributed by atoms with van der Waals surface area (Å²) in [6.45, 7) is 1.53. The second-order valence-corrected chi connectivity index (χ2v) is 10.3. The number of phosphoric acid groups is 2. The van der Waals surface area contributed by atoms with Crippen LogP contribution in [-0.4, -0.2) is 48.7 Å². The van der Waals surface area contributed by atoms with Crippen molar-refractivity contribution in [2.75, 3.05) is 6.35 Å². The minimum Gasteiger partial charge on any atom is -0.365 e. The molecule has 0 bridgehead atoms. The van der Waals surface area contributed by atoms with Crippen molar-refractivity contribution in [2.24, 2.45) is 5.10 Å². The van der Waals surface area contributed by atoms with E-state index >= 15 is 0 Å². The molecule has 0 saturated carbocycles. The van der Waals surface area contributed by atoms with Gasteiger partial charge in [-0.25, -0.2) is 18.1 Å². The molecule has 0 aliphatic carbocycles. The van der Waals surface area contributed by atoms with E-state index in [4.69, 9.17) is 19.4 Å². The molecule has 0 amide bonds. The predicted octanol–water partition coefficient (Wildman–Crippen LogP) is 1.23. The van der Waals surface area contributed by atoms with Crippen LogP contribution in [0.25, 0.3) is 0 Å². The SMILES string of the molecule is CC(Cc1ccc2n1N=CCC2=O)OCP(=O)(O)OP(=O)(O)OP(=O)(O)O. The minimum atomic E-state index is -5.49. The van der Waals surface area contributed by atoms with E-state index in [9.17, 15) is 23.4 Å². The van der Waals surface area contributed by atoms with Crippen molar-refractivity contribution in [3.8, 4) is 0 Å². The van der Waals surface area contributed by atoms with Gasteiger partial charge in [0.1, 0.15) is 12.0 Å². The average molecular weight is 446 g/mol. The maximum Gasteiger partial charge on any atom is 0.488 e. The summed E-state index contributed by atoms with van der Waals surface area (Å²) in [6, 6.07) is 3.23. The smallest absolute Gasteiger partial charge is 0.365 e. The van der Waals surface area contributed by atoms with Gasteiger partial charge >= 0.3 is 23.2 Å². The Morgan fingerprint density at radius 1 is 1.19 bits per heavy atom. The predicted molar refractivity (Wildman–Crippen MR) is 90.3 cm³/mol. The molecule has 0 fully saturated rings. The van der Waals surface area contributed by atoms with Crippen molar-refractivity contribution in [2.45, 2.75) is 25.9 Å². The molecule has 3 unspecified atom stereocenters. The maximum atomic E-state index is 11.8. The van der Waals surface area contributed by atoms with Gasteiger partial charge in [0, 0.05) is 24.8 Å². The Labute approximate surface area is 153 Å². The van der Waals surface area contributed by atoms with Crippen LogP contribution in [-0.2, 0) is 33.5 Å². The summed E-state index contributed by atoms with van der Waals surface area (Å²) in [5, 5.41) is 4.07. The average Bonchev–Trinajstić information content (AvgIpc) is 2.86. The van der Waals surface area contributed by atoms with E-state index in [-0.39, 0.29) is 18.6 Å². The first-order chi connectivity index (χ1) is 12.3. The molecule has 0 saturated heterocycles. The van der Waals surface area contributed by atoms with Gasteiger partial charge in [-0.3, -0.25) is 9.36 Å². The summed E-state index contributed by atoms with van der Waals surface area (Å²) >= 11 is 0. The minimum absolute atomic E-state index is 0.109. The Hall–Kier alpha value is -0.970. The van der Waals surface area contributed by atoms with Crippen LogP contribution in [0, 0.1) is 0 Å². The summed E-state index contributed by atoms with van der Waals surface area (Å²) in [5.41, 5.74) is 0.986. The van der Waals surface area contributed by atoms with E-state index in [0.717, 1.165) is 0 Å². The Morgan fingerprint density at radius 2 is 1.85 bits per heavy atom. The van der Waals surface area contributed by atoms with Crippen molar-refractivity contribution < 1.29 is 51.4 Å². The van der Waals surface area contributed by atoms with Gasteiger partial charge in [-0.05, 0) is 19.1 Å². The van der Waals surface area contributed by atoms with Crippen LogP contribution < -0.4 is 0 Å². The summed E-state index contributed by atoms with van der Waals surface area (Å²) in [6.07, 6.45) is 0.0821. The number of aromatic nitrogens is 1. The first-order valence-electron chi connectivity index (χ1n) is 7.29. The Balaban J connectivity index is 1.93. The van der Waals surface area contributed by atoms with E-state index in [1.165, 1.54) is 17.8 Å². The van der Waals surface area contributed by atoms with Crippen LogP contribution in [0.2, 0.25) is 0 Å². The fourth-order valence-corrected chi connectivity index (χ4v) is 5.58. The highest BCUT2D eigenvalue weighted by Gasteiger charge is 2.39. The van der Waals surface area contributed by atoms with Crippen LogP contribution in [0.4, 0.5) is 0 Å². The highest BCUT2D eigenvalue weighted by Crippen LogP contribution is 2.65. The molecular formula is C11H17N2O11P3. The third kappa shape index (κ3) is 6.85. The molecule has 0 spiro atoms. The largest absolute Gasteiger partial charge is 0.488 e. The van der Waals surface area contributed by atoms with Gasteiger partial charge < -0.3 is 24.3 Å².